The lowest BCUT2D eigenvalue weighted by Gasteiger charge is -2.29. The topological polar surface area (TPSA) is 76.2 Å². The number of hydrogen-bond acceptors (Lipinski definition) is 5. The quantitative estimate of drug-likeness (QED) is 0.804. The van der Waals surface area contributed by atoms with Gasteiger partial charge in [0.2, 0.25) is 16.1 Å². The Morgan fingerprint density at radius 1 is 1.00 bits per heavy atom. The van der Waals surface area contributed by atoms with Crippen LogP contribution in [0.2, 0.25) is 0 Å². The first kappa shape index (κ1) is 16.7. The van der Waals surface area contributed by atoms with Crippen molar-refractivity contribution in [1.82, 2.24) is 9.21 Å². The Hall–Kier alpha value is -1.80. The van der Waals surface area contributed by atoms with Gasteiger partial charge in [-0.1, -0.05) is 0 Å². The average Bonchev–Trinajstić information content (AvgIpc) is 3.33. The van der Waals surface area contributed by atoms with Crippen LogP contribution in [0.15, 0.2) is 23.1 Å². The fourth-order valence-electron chi connectivity index (χ4n) is 3.55. The Balaban J connectivity index is 1.52. The van der Waals surface area contributed by atoms with Gasteiger partial charge in [0.1, 0.15) is 6.61 Å². The van der Waals surface area contributed by atoms with Crippen molar-refractivity contribution in [2.24, 2.45) is 0 Å². The fourth-order valence-corrected chi connectivity index (χ4v) is 5.09. The summed E-state index contributed by atoms with van der Waals surface area (Å²) >= 11 is 0. The lowest BCUT2D eigenvalue weighted by molar-refractivity contribution is -0.140. The number of rotatable bonds is 3. The Morgan fingerprint density at radius 2 is 1.68 bits per heavy atom. The van der Waals surface area contributed by atoms with Crippen LogP contribution in [0.5, 0.6) is 11.5 Å². The molecule has 1 aromatic rings. The molecule has 1 amide bonds. The Kier molecular flexibility index (Phi) is 4.33. The number of hydrogen-bond donors (Lipinski definition) is 0. The third kappa shape index (κ3) is 3.08. The van der Waals surface area contributed by atoms with Crippen molar-refractivity contribution >= 4 is 15.9 Å². The van der Waals surface area contributed by atoms with Crippen molar-refractivity contribution < 1.29 is 22.7 Å². The molecule has 0 aliphatic carbocycles. The Labute approximate surface area is 147 Å². The summed E-state index contributed by atoms with van der Waals surface area (Å²) in [5, 5.41) is 0. The van der Waals surface area contributed by atoms with Crippen molar-refractivity contribution in [3.8, 4) is 11.5 Å². The van der Waals surface area contributed by atoms with Crippen LogP contribution in [-0.4, -0.2) is 62.4 Å². The van der Waals surface area contributed by atoms with E-state index in [2.05, 4.69) is 0 Å². The van der Waals surface area contributed by atoms with E-state index in [1.54, 1.807) is 11.0 Å². The highest BCUT2D eigenvalue weighted by atomic mass is 32.2. The number of carbonyl (C=O) groups excluding carboxylic acids is 1. The maximum absolute atomic E-state index is 12.6. The minimum Gasteiger partial charge on any atom is -0.485 e. The fraction of sp³-hybridized carbons (Fsp3) is 0.588. The molecule has 0 aromatic heterocycles. The van der Waals surface area contributed by atoms with Gasteiger partial charge >= 0.3 is 0 Å². The molecular formula is C17H22N2O5S. The van der Waals surface area contributed by atoms with Gasteiger partial charge in [0.05, 0.1) is 4.90 Å². The molecule has 0 spiro atoms. The molecule has 4 rings (SSSR count). The molecule has 8 heteroatoms. The number of fused-ring (bicyclic) bond motifs is 1. The van der Waals surface area contributed by atoms with Crippen molar-refractivity contribution in [2.75, 3.05) is 32.8 Å². The van der Waals surface area contributed by atoms with E-state index in [-0.39, 0.29) is 17.4 Å². The third-order valence-electron chi connectivity index (χ3n) is 4.97. The minimum atomic E-state index is -3.49. The third-order valence-corrected chi connectivity index (χ3v) is 6.87. The normalized spacial score (nSPS) is 23.8. The Morgan fingerprint density at radius 3 is 2.40 bits per heavy atom. The maximum atomic E-state index is 12.6. The zero-order valence-corrected chi connectivity index (χ0v) is 14.8. The smallest absolute Gasteiger partial charge is 0.267 e. The standard InChI is InChI=1S/C17H22N2O5S/c20-17(18-7-1-2-8-18)16-12-23-15-11-13(5-6-14(15)24-16)25(21,22)19-9-3-4-10-19/h5-6,11,16H,1-4,7-10,12H2/t16-/m0/s1. The second-order valence-electron chi connectivity index (χ2n) is 6.67. The summed E-state index contributed by atoms with van der Waals surface area (Å²) in [4.78, 5) is 14.4. The molecule has 1 atom stereocenters. The van der Waals surface area contributed by atoms with Crippen molar-refractivity contribution in [3.05, 3.63) is 18.2 Å². The molecule has 0 unspecified atom stereocenters. The highest BCUT2D eigenvalue weighted by Gasteiger charge is 2.34. The van der Waals surface area contributed by atoms with Gasteiger partial charge in [0, 0.05) is 32.2 Å². The Bertz CT molecular complexity index is 767. The molecule has 1 aromatic carbocycles. The molecule has 25 heavy (non-hydrogen) atoms. The number of ether oxygens (including phenoxy) is 2. The summed E-state index contributed by atoms with van der Waals surface area (Å²) in [5.41, 5.74) is 0. The number of benzene rings is 1. The van der Waals surface area contributed by atoms with Crippen molar-refractivity contribution in [1.29, 1.82) is 0 Å². The van der Waals surface area contributed by atoms with Crippen LogP contribution in [-0.2, 0) is 14.8 Å². The van der Waals surface area contributed by atoms with Crippen LogP contribution in [0.3, 0.4) is 0 Å². The first-order valence-corrected chi connectivity index (χ1v) is 10.2. The van der Waals surface area contributed by atoms with Gasteiger partial charge in [0.25, 0.3) is 5.91 Å². The van der Waals surface area contributed by atoms with E-state index < -0.39 is 16.1 Å². The van der Waals surface area contributed by atoms with Gasteiger partial charge < -0.3 is 14.4 Å². The monoisotopic (exact) mass is 366 g/mol. The number of sulfonamides is 1. The van der Waals surface area contributed by atoms with Crippen LogP contribution >= 0.6 is 0 Å². The van der Waals surface area contributed by atoms with Crippen molar-refractivity contribution in [2.45, 2.75) is 36.7 Å². The predicted octanol–water partition coefficient (Wildman–Crippen LogP) is 1.23. The minimum absolute atomic E-state index is 0.0584. The van der Waals surface area contributed by atoms with E-state index in [0.717, 1.165) is 38.8 Å². The van der Waals surface area contributed by atoms with Crippen LogP contribution in [0.1, 0.15) is 25.7 Å². The van der Waals surface area contributed by atoms with E-state index in [4.69, 9.17) is 9.47 Å². The second kappa shape index (κ2) is 6.49. The lowest BCUT2D eigenvalue weighted by atomic mass is 10.2. The largest absolute Gasteiger partial charge is 0.485 e. The molecule has 3 heterocycles. The van der Waals surface area contributed by atoms with E-state index in [9.17, 15) is 13.2 Å². The van der Waals surface area contributed by atoms with Crippen LogP contribution in [0.4, 0.5) is 0 Å². The first-order valence-electron chi connectivity index (χ1n) is 8.78. The van der Waals surface area contributed by atoms with Gasteiger partial charge in [-0.25, -0.2) is 8.42 Å². The van der Waals surface area contributed by atoms with E-state index in [1.165, 1.54) is 16.4 Å². The molecule has 0 N–H and O–H groups in total. The zero-order valence-electron chi connectivity index (χ0n) is 14.0. The van der Waals surface area contributed by atoms with Crippen LogP contribution in [0.25, 0.3) is 0 Å². The summed E-state index contributed by atoms with van der Waals surface area (Å²) in [6.07, 6.45) is 3.17. The highest BCUT2D eigenvalue weighted by Crippen LogP contribution is 2.35. The van der Waals surface area contributed by atoms with E-state index in [0.29, 0.717) is 24.6 Å². The first-order chi connectivity index (χ1) is 12.1. The summed E-state index contributed by atoms with van der Waals surface area (Å²) in [6.45, 7) is 2.75. The van der Waals surface area contributed by atoms with Gasteiger partial charge in [-0.15, -0.1) is 0 Å². The van der Waals surface area contributed by atoms with Crippen molar-refractivity contribution in [3.63, 3.8) is 0 Å². The molecule has 0 radical (unpaired) electrons. The summed E-state index contributed by atoms with van der Waals surface area (Å²) < 4.78 is 38.2. The molecule has 3 aliphatic heterocycles. The van der Waals surface area contributed by atoms with Crippen LogP contribution in [0, 0.1) is 0 Å². The molecule has 0 bridgehead atoms. The average molecular weight is 366 g/mol. The molecular weight excluding hydrogens is 344 g/mol. The highest BCUT2D eigenvalue weighted by molar-refractivity contribution is 7.89. The molecule has 3 aliphatic rings. The van der Waals surface area contributed by atoms with Gasteiger partial charge in [-0.2, -0.15) is 4.31 Å². The van der Waals surface area contributed by atoms with Gasteiger partial charge in [0.15, 0.2) is 11.5 Å². The molecule has 136 valence electrons. The van der Waals surface area contributed by atoms with Gasteiger partial charge in [-0.3, -0.25) is 4.79 Å². The number of likely N-dealkylation sites (tertiary alicyclic amines) is 1. The number of carbonyl (C=O) groups is 1. The van der Waals surface area contributed by atoms with Gasteiger partial charge in [-0.05, 0) is 37.8 Å². The molecule has 2 fully saturated rings. The lowest BCUT2D eigenvalue weighted by Crippen LogP contribution is -2.45. The summed E-state index contributed by atoms with van der Waals surface area (Å²) in [5.74, 6) is 0.742. The summed E-state index contributed by atoms with van der Waals surface area (Å²) in [6, 6.07) is 4.61. The number of nitrogens with zero attached hydrogens (tertiary/aromatic N) is 2. The molecule has 7 nitrogen and oxygen atoms in total. The second-order valence-corrected chi connectivity index (χ2v) is 8.61. The maximum Gasteiger partial charge on any atom is 0.267 e. The zero-order chi connectivity index (χ0) is 17.4. The SMILES string of the molecule is O=C([C@@H]1COc2cc(S(=O)(=O)N3CCCC3)ccc2O1)N1CCCC1. The van der Waals surface area contributed by atoms with E-state index in [1.807, 2.05) is 0 Å². The summed E-state index contributed by atoms with van der Waals surface area (Å²) in [7, 11) is -3.49. The predicted molar refractivity (Wildman–Crippen MR) is 90.2 cm³/mol. The number of amides is 1. The van der Waals surface area contributed by atoms with Crippen LogP contribution < -0.4 is 9.47 Å². The molecule has 0 saturated carbocycles. The molecule has 2 saturated heterocycles. The van der Waals surface area contributed by atoms with E-state index >= 15 is 0 Å².